The zero-order valence-electron chi connectivity index (χ0n) is 12.8. The van der Waals surface area contributed by atoms with Crippen molar-refractivity contribution in [1.29, 1.82) is 0 Å². The average molecular weight is 345 g/mol. The molecule has 7 nitrogen and oxygen atoms in total. The van der Waals surface area contributed by atoms with Gasteiger partial charge in [-0.3, -0.25) is 19.7 Å². The highest BCUT2D eigenvalue weighted by molar-refractivity contribution is 7.16. The van der Waals surface area contributed by atoms with Gasteiger partial charge in [-0.2, -0.15) is 0 Å². The molecule has 1 aromatic heterocycles. The van der Waals surface area contributed by atoms with Gasteiger partial charge in [0.15, 0.2) is 0 Å². The number of nitrogens with zero attached hydrogens (tertiary/aromatic N) is 1. The standard InChI is InChI=1S/C16H15N3O4S/c1-2-12-9-13(15(17)21)16(24-12)18-14(20)8-5-10-3-6-11(7-4-10)19(22)23/h3-9H,2H2,1H3,(H2,17,21)(H,18,20)/b8-5+. The maximum absolute atomic E-state index is 12.0. The highest BCUT2D eigenvalue weighted by Crippen LogP contribution is 2.28. The van der Waals surface area contributed by atoms with Crippen LogP contribution in [-0.2, 0) is 11.2 Å². The molecule has 0 aliphatic rings. The molecule has 1 heterocycles. The molecule has 2 aromatic rings. The Morgan fingerprint density at radius 2 is 2.00 bits per heavy atom. The second-order valence-electron chi connectivity index (χ2n) is 4.84. The summed E-state index contributed by atoms with van der Waals surface area (Å²) in [6, 6.07) is 7.46. The monoisotopic (exact) mass is 345 g/mol. The largest absolute Gasteiger partial charge is 0.366 e. The number of hydrogen-bond donors (Lipinski definition) is 2. The third kappa shape index (κ3) is 4.26. The predicted molar refractivity (Wildman–Crippen MR) is 93.0 cm³/mol. The highest BCUT2D eigenvalue weighted by Gasteiger charge is 2.14. The Labute approximate surface area is 141 Å². The Bertz CT molecular complexity index is 809. The molecule has 0 atom stereocenters. The van der Waals surface area contributed by atoms with Crippen molar-refractivity contribution >= 4 is 39.9 Å². The van der Waals surface area contributed by atoms with Crippen LogP contribution >= 0.6 is 11.3 Å². The minimum Gasteiger partial charge on any atom is -0.366 e. The van der Waals surface area contributed by atoms with Gasteiger partial charge in [-0.05, 0) is 36.3 Å². The van der Waals surface area contributed by atoms with Crippen molar-refractivity contribution in [2.45, 2.75) is 13.3 Å². The SMILES string of the molecule is CCc1cc(C(N)=O)c(NC(=O)/C=C/c2ccc([N+](=O)[O-])cc2)s1. The second kappa shape index (κ2) is 7.51. The molecule has 8 heteroatoms. The molecule has 0 spiro atoms. The van der Waals surface area contributed by atoms with Crippen LogP contribution in [0.4, 0.5) is 10.7 Å². The summed E-state index contributed by atoms with van der Waals surface area (Å²) in [4.78, 5) is 34.4. The second-order valence-corrected chi connectivity index (χ2v) is 5.98. The third-order valence-electron chi connectivity index (χ3n) is 3.16. The number of primary amides is 1. The quantitative estimate of drug-likeness (QED) is 0.475. The van der Waals surface area contributed by atoms with E-state index < -0.39 is 16.7 Å². The number of anilines is 1. The first kappa shape index (κ1) is 17.4. The highest BCUT2D eigenvalue weighted by atomic mass is 32.1. The first-order valence-corrected chi connectivity index (χ1v) is 7.88. The van der Waals surface area contributed by atoms with Gasteiger partial charge in [0.2, 0.25) is 5.91 Å². The van der Waals surface area contributed by atoms with Gasteiger partial charge < -0.3 is 11.1 Å². The van der Waals surface area contributed by atoms with Crippen LogP contribution in [0.25, 0.3) is 6.08 Å². The molecule has 0 fully saturated rings. The molecule has 0 unspecified atom stereocenters. The molecule has 24 heavy (non-hydrogen) atoms. The minimum absolute atomic E-state index is 0.0200. The normalized spacial score (nSPS) is 10.7. The Morgan fingerprint density at radius 3 is 2.54 bits per heavy atom. The van der Waals surface area contributed by atoms with Gasteiger partial charge in [0.1, 0.15) is 5.00 Å². The van der Waals surface area contributed by atoms with Crippen LogP contribution in [-0.4, -0.2) is 16.7 Å². The van der Waals surface area contributed by atoms with Crippen LogP contribution in [0.1, 0.15) is 27.7 Å². The summed E-state index contributed by atoms with van der Waals surface area (Å²) >= 11 is 1.30. The summed E-state index contributed by atoms with van der Waals surface area (Å²) in [7, 11) is 0. The van der Waals surface area contributed by atoms with Gasteiger partial charge in [0.05, 0.1) is 10.5 Å². The lowest BCUT2D eigenvalue weighted by atomic mass is 10.2. The van der Waals surface area contributed by atoms with E-state index in [-0.39, 0.29) is 11.3 Å². The Hall–Kier alpha value is -3.00. The van der Waals surface area contributed by atoms with Crippen molar-refractivity contribution in [3.8, 4) is 0 Å². The number of non-ortho nitro benzene ring substituents is 1. The van der Waals surface area contributed by atoms with Crippen molar-refractivity contribution in [1.82, 2.24) is 0 Å². The number of thiophene rings is 1. The Kier molecular flexibility index (Phi) is 5.43. The smallest absolute Gasteiger partial charge is 0.269 e. The van der Waals surface area contributed by atoms with Crippen molar-refractivity contribution in [2.24, 2.45) is 5.73 Å². The van der Waals surface area contributed by atoms with E-state index in [2.05, 4.69) is 5.32 Å². The van der Waals surface area contributed by atoms with Gasteiger partial charge in [-0.15, -0.1) is 11.3 Å². The number of nitrogens with one attached hydrogen (secondary N) is 1. The van der Waals surface area contributed by atoms with Gasteiger partial charge in [0, 0.05) is 23.1 Å². The van der Waals surface area contributed by atoms with E-state index >= 15 is 0 Å². The summed E-state index contributed by atoms with van der Waals surface area (Å²) in [5.74, 6) is -1.01. The summed E-state index contributed by atoms with van der Waals surface area (Å²) < 4.78 is 0. The maximum atomic E-state index is 12.0. The van der Waals surface area contributed by atoms with Gasteiger partial charge >= 0.3 is 0 Å². The first-order valence-electron chi connectivity index (χ1n) is 7.06. The zero-order valence-corrected chi connectivity index (χ0v) is 13.6. The van der Waals surface area contributed by atoms with E-state index in [4.69, 9.17) is 5.73 Å². The molecule has 0 aliphatic carbocycles. The van der Waals surface area contributed by atoms with Crippen molar-refractivity contribution < 1.29 is 14.5 Å². The van der Waals surface area contributed by atoms with Crippen molar-refractivity contribution in [3.05, 3.63) is 62.5 Å². The molecule has 0 saturated heterocycles. The minimum atomic E-state index is -0.597. The van der Waals surface area contributed by atoms with Crippen molar-refractivity contribution in [2.75, 3.05) is 5.32 Å². The number of nitrogens with two attached hydrogens (primary N) is 1. The van der Waals surface area contributed by atoms with E-state index in [9.17, 15) is 19.7 Å². The summed E-state index contributed by atoms with van der Waals surface area (Å²) in [6.07, 6.45) is 3.55. The van der Waals surface area contributed by atoms with Gasteiger partial charge in [-0.25, -0.2) is 0 Å². The maximum Gasteiger partial charge on any atom is 0.269 e. The van der Waals surface area contributed by atoms with Crippen LogP contribution in [0.5, 0.6) is 0 Å². The Balaban J connectivity index is 2.09. The lowest BCUT2D eigenvalue weighted by Gasteiger charge is -2.01. The van der Waals surface area contributed by atoms with E-state index in [0.717, 1.165) is 11.3 Å². The van der Waals surface area contributed by atoms with E-state index in [1.54, 1.807) is 6.07 Å². The zero-order chi connectivity index (χ0) is 17.7. The molecule has 124 valence electrons. The fraction of sp³-hybridized carbons (Fsp3) is 0.125. The molecule has 1 aromatic carbocycles. The number of amides is 2. The van der Waals surface area contributed by atoms with Crippen LogP contribution in [0.15, 0.2) is 36.4 Å². The van der Waals surface area contributed by atoms with Crippen LogP contribution < -0.4 is 11.1 Å². The molecule has 0 aliphatic heterocycles. The molecule has 0 bridgehead atoms. The van der Waals surface area contributed by atoms with Crippen LogP contribution in [0.2, 0.25) is 0 Å². The number of aryl methyl sites for hydroxylation is 1. The number of carbonyl (C=O) groups excluding carboxylic acids is 2. The van der Waals surface area contributed by atoms with Gasteiger partial charge in [-0.1, -0.05) is 6.92 Å². The van der Waals surface area contributed by atoms with E-state index in [0.29, 0.717) is 10.6 Å². The first-order chi connectivity index (χ1) is 11.4. The molecule has 0 radical (unpaired) electrons. The van der Waals surface area contributed by atoms with E-state index in [1.807, 2.05) is 6.92 Å². The van der Waals surface area contributed by atoms with Crippen LogP contribution in [0, 0.1) is 10.1 Å². The van der Waals surface area contributed by atoms with Crippen molar-refractivity contribution in [3.63, 3.8) is 0 Å². The number of nitro benzene ring substituents is 1. The third-order valence-corrected chi connectivity index (χ3v) is 4.36. The van der Waals surface area contributed by atoms with Crippen LogP contribution in [0.3, 0.4) is 0 Å². The molecule has 0 saturated carbocycles. The molecule has 3 N–H and O–H groups in total. The number of benzene rings is 1. The number of nitro groups is 1. The predicted octanol–water partition coefficient (Wildman–Crippen LogP) is 2.97. The number of hydrogen-bond acceptors (Lipinski definition) is 5. The topological polar surface area (TPSA) is 115 Å². The summed E-state index contributed by atoms with van der Waals surface area (Å²) in [6.45, 7) is 1.94. The molecule has 2 rings (SSSR count). The lowest BCUT2D eigenvalue weighted by molar-refractivity contribution is -0.384. The Morgan fingerprint density at radius 1 is 1.33 bits per heavy atom. The number of rotatable bonds is 6. The summed E-state index contributed by atoms with van der Waals surface area (Å²) in [5.41, 5.74) is 6.22. The molecule has 2 amide bonds. The molecular weight excluding hydrogens is 330 g/mol. The van der Waals surface area contributed by atoms with Gasteiger partial charge in [0.25, 0.3) is 11.6 Å². The molecular formula is C16H15N3O4S. The average Bonchev–Trinajstić information content (AvgIpc) is 2.96. The fourth-order valence-electron chi connectivity index (χ4n) is 1.92. The van der Waals surface area contributed by atoms with E-state index in [1.165, 1.54) is 47.8 Å². The summed E-state index contributed by atoms with van der Waals surface area (Å²) in [5, 5.41) is 13.6. The fourth-order valence-corrected chi connectivity index (χ4v) is 2.93. The lowest BCUT2D eigenvalue weighted by Crippen LogP contribution is -2.14. The number of carbonyl (C=O) groups is 2.